The monoisotopic (exact) mass is 342 g/mol. The summed E-state index contributed by atoms with van der Waals surface area (Å²) in [5, 5.41) is 4.73. The molecule has 0 unspecified atom stereocenters. The molecule has 1 fully saturated rings. The highest BCUT2D eigenvalue weighted by molar-refractivity contribution is 7.19. The second-order valence-electron chi connectivity index (χ2n) is 7.15. The highest BCUT2D eigenvalue weighted by atomic mass is 32.1. The van der Waals surface area contributed by atoms with Gasteiger partial charge in [0.05, 0.1) is 11.9 Å². The van der Waals surface area contributed by atoms with Crippen molar-refractivity contribution in [3.8, 4) is 0 Å². The van der Waals surface area contributed by atoms with Crippen molar-refractivity contribution in [1.29, 1.82) is 0 Å². The zero-order valence-corrected chi connectivity index (χ0v) is 15.3. The third kappa shape index (κ3) is 3.07. The molecule has 5 heteroatoms. The first-order chi connectivity index (χ1) is 11.7. The van der Waals surface area contributed by atoms with Crippen LogP contribution in [0, 0.1) is 5.92 Å². The predicted octanol–water partition coefficient (Wildman–Crippen LogP) is 4.01. The van der Waals surface area contributed by atoms with Gasteiger partial charge in [-0.1, -0.05) is 13.0 Å². The fourth-order valence-corrected chi connectivity index (χ4v) is 5.11. The summed E-state index contributed by atoms with van der Waals surface area (Å²) in [4.78, 5) is 15.0. The van der Waals surface area contributed by atoms with E-state index < -0.39 is 0 Å². The largest absolute Gasteiger partial charge is 0.366 e. The Morgan fingerprint density at radius 2 is 2.12 bits per heavy atom. The molecule has 1 aliphatic heterocycles. The first-order valence-corrected chi connectivity index (χ1v) is 9.94. The van der Waals surface area contributed by atoms with Crippen molar-refractivity contribution in [3.63, 3.8) is 0 Å². The van der Waals surface area contributed by atoms with Crippen LogP contribution in [-0.4, -0.2) is 34.5 Å². The van der Waals surface area contributed by atoms with Crippen molar-refractivity contribution >= 4 is 27.4 Å². The van der Waals surface area contributed by atoms with Crippen molar-refractivity contribution in [2.24, 2.45) is 5.92 Å². The van der Waals surface area contributed by atoms with Crippen molar-refractivity contribution in [2.45, 2.75) is 45.6 Å². The van der Waals surface area contributed by atoms with Gasteiger partial charge in [-0.25, -0.2) is 9.97 Å². The molecule has 3 heterocycles. The molecule has 2 aliphatic rings. The first-order valence-electron chi connectivity index (χ1n) is 9.13. The lowest BCUT2D eigenvalue weighted by molar-refractivity contribution is 0.181. The Morgan fingerprint density at radius 1 is 1.29 bits per heavy atom. The second-order valence-corrected chi connectivity index (χ2v) is 8.24. The van der Waals surface area contributed by atoms with Gasteiger partial charge in [-0.2, -0.15) is 0 Å². The number of nitrogens with one attached hydrogen (secondary N) is 1. The maximum atomic E-state index is 4.92. The van der Waals surface area contributed by atoms with Gasteiger partial charge in [0, 0.05) is 11.4 Å². The molecule has 0 saturated carbocycles. The molecule has 0 amide bonds. The Balaban J connectivity index is 1.65. The molecule has 0 bridgehead atoms. The molecule has 0 atom stereocenters. The van der Waals surface area contributed by atoms with Crippen molar-refractivity contribution < 1.29 is 0 Å². The lowest BCUT2D eigenvalue weighted by Crippen LogP contribution is -2.33. The average molecular weight is 343 g/mol. The average Bonchev–Trinajstić information content (AvgIpc) is 3.15. The number of fused-ring (bicyclic) bond motifs is 3. The highest BCUT2D eigenvalue weighted by Gasteiger charge is 2.23. The quantitative estimate of drug-likeness (QED) is 0.834. The molecule has 4 rings (SSSR count). The standard InChI is InChI=1S/C19H26N4S/c1-3-9-20-18-17-14-5-4-6-15(14)24-19(17)22-16(21-18)12-23-10-7-13(2)8-11-23/h3,13H,1,4-12H2,2H3,(H,20,21,22). The van der Waals surface area contributed by atoms with Gasteiger partial charge in [0.1, 0.15) is 16.5 Å². The molecule has 128 valence electrons. The van der Waals surface area contributed by atoms with E-state index in [1.54, 1.807) is 0 Å². The number of nitrogens with zero attached hydrogens (tertiary/aromatic N) is 3. The summed E-state index contributed by atoms with van der Waals surface area (Å²) >= 11 is 1.88. The van der Waals surface area contributed by atoms with Crippen molar-refractivity contribution in [3.05, 3.63) is 28.9 Å². The van der Waals surface area contributed by atoms with E-state index >= 15 is 0 Å². The normalized spacial score (nSPS) is 18.9. The topological polar surface area (TPSA) is 41.1 Å². The minimum Gasteiger partial charge on any atom is -0.366 e. The summed E-state index contributed by atoms with van der Waals surface area (Å²) in [6, 6.07) is 0. The Kier molecular flexibility index (Phi) is 4.55. The molecule has 1 saturated heterocycles. The number of aryl methyl sites for hydroxylation is 2. The van der Waals surface area contributed by atoms with E-state index in [0.717, 1.165) is 30.6 Å². The Labute approximate surface area is 148 Å². The summed E-state index contributed by atoms with van der Waals surface area (Å²) in [5.41, 5.74) is 1.49. The van der Waals surface area contributed by atoms with E-state index in [-0.39, 0.29) is 0 Å². The zero-order chi connectivity index (χ0) is 16.5. The summed E-state index contributed by atoms with van der Waals surface area (Å²) < 4.78 is 0. The maximum absolute atomic E-state index is 4.92. The van der Waals surface area contributed by atoms with Crippen LogP contribution in [0.15, 0.2) is 12.7 Å². The predicted molar refractivity (Wildman–Crippen MR) is 102 cm³/mol. The van der Waals surface area contributed by atoms with Crippen LogP contribution in [0.1, 0.15) is 42.5 Å². The van der Waals surface area contributed by atoms with Gasteiger partial charge in [0.15, 0.2) is 0 Å². The van der Waals surface area contributed by atoms with Gasteiger partial charge in [0.2, 0.25) is 0 Å². The number of rotatable bonds is 5. The zero-order valence-electron chi connectivity index (χ0n) is 14.5. The Bertz CT molecular complexity index is 743. The first kappa shape index (κ1) is 16.0. The van der Waals surface area contributed by atoms with Gasteiger partial charge in [-0.15, -0.1) is 17.9 Å². The SMILES string of the molecule is C=CCNc1nc(CN2CCC(C)CC2)nc2sc3c(c12)CCC3. The van der Waals surface area contributed by atoms with Crippen LogP contribution in [0.4, 0.5) is 5.82 Å². The van der Waals surface area contributed by atoms with E-state index in [1.165, 1.54) is 65.9 Å². The summed E-state index contributed by atoms with van der Waals surface area (Å²) in [5.74, 6) is 2.83. The maximum Gasteiger partial charge on any atom is 0.146 e. The summed E-state index contributed by atoms with van der Waals surface area (Å²) in [6.45, 7) is 10.1. The number of hydrogen-bond acceptors (Lipinski definition) is 5. The summed E-state index contributed by atoms with van der Waals surface area (Å²) in [6.07, 6.45) is 8.12. The minimum absolute atomic E-state index is 0.747. The van der Waals surface area contributed by atoms with Crippen molar-refractivity contribution in [1.82, 2.24) is 14.9 Å². The number of likely N-dealkylation sites (tertiary alicyclic amines) is 1. The van der Waals surface area contributed by atoms with Crippen LogP contribution in [0.25, 0.3) is 10.2 Å². The van der Waals surface area contributed by atoms with E-state index in [2.05, 4.69) is 23.7 Å². The lowest BCUT2D eigenvalue weighted by atomic mass is 9.99. The molecular weight excluding hydrogens is 316 g/mol. The number of thiophene rings is 1. The number of aromatic nitrogens is 2. The van der Waals surface area contributed by atoms with Crippen LogP contribution >= 0.6 is 11.3 Å². The highest BCUT2D eigenvalue weighted by Crippen LogP contribution is 2.39. The molecule has 1 aliphatic carbocycles. The van der Waals surface area contributed by atoms with Gasteiger partial charge < -0.3 is 5.32 Å². The van der Waals surface area contributed by atoms with Crippen molar-refractivity contribution in [2.75, 3.05) is 25.0 Å². The van der Waals surface area contributed by atoms with E-state index in [9.17, 15) is 0 Å². The molecule has 0 aromatic carbocycles. The Hall–Kier alpha value is -1.46. The van der Waals surface area contributed by atoms with Gasteiger partial charge >= 0.3 is 0 Å². The molecule has 24 heavy (non-hydrogen) atoms. The van der Waals surface area contributed by atoms with E-state index in [1.807, 2.05) is 17.4 Å². The molecule has 0 spiro atoms. The second kappa shape index (κ2) is 6.81. The third-order valence-electron chi connectivity index (χ3n) is 5.27. The van der Waals surface area contributed by atoms with Crippen LogP contribution in [-0.2, 0) is 19.4 Å². The lowest BCUT2D eigenvalue weighted by Gasteiger charge is -2.29. The molecule has 1 N–H and O–H groups in total. The van der Waals surface area contributed by atoms with Gasteiger partial charge in [-0.3, -0.25) is 4.90 Å². The number of hydrogen-bond donors (Lipinski definition) is 1. The summed E-state index contributed by atoms with van der Waals surface area (Å²) in [7, 11) is 0. The van der Waals surface area contributed by atoms with Crippen LogP contribution in [0.3, 0.4) is 0 Å². The van der Waals surface area contributed by atoms with E-state index in [0.29, 0.717) is 0 Å². The van der Waals surface area contributed by atoms with Crippen LogP contribution < -0.4 is 5.32 Å². The van der Waals surface area contributed by atoms with Gasteiger partial charge in [0.25, 0.3) is 0 Å². The van der Waals surface area contributed by atoms with E-state index in [4.69, 9.17) is 9.97 Å². The molecule has 0 radical (unpaired) electrons. The Morgan fingerprint density at radius 3 is 2.92 bits per heavy atom. The fourth-order valence-electron chi connectivity index (χ4n) is 3.83. The number of piperidine rings is 1. The molecule has 2 aromatic heterocycles. The van der Waals surface area contributed by atoms with Crippen LogP contribution in [0.2, 0.25) is 0 Å². The molecular formula is C19H26N4S. The van der Waals surface area contributed by atoms with Gasteiger partial charge in [-0.05, 0) is 56.7 Å². The minimum atomic E-state index is 0.747. The molecule has 2 aromatic rings. The number of anilines is 1. The smallest absolute Gasteiger partial charge is 0.146 e. The molecule has 4 nitrogen and oxygen atoms in total. The fraction of sp³-hybridized carbons (Fsp3) is 0.579. The van der Waals surface area contributed by atoms with Crippen LogP contribution in [0.5, 0.6) is 0 Å². The third-order valence-corrected chi connectivity index (χ3v) is 6.45.